The van der Waals surface area contributed by atoms with E-state index in [1.165, 1.54) is 0 Å². The van der Waals surface area contributed by atoms with Crippen molar-refractivity contribution < 1.29 is 14.6 Å². The van der Waals surface area contributed by atoms with Gasteiger partial charge in [0, 0.05) is 36.3 Å². The molecule has 0 aliphatic rings. The van der Waals surface area contributed by atoms with E-state index in [0.29, 0.717) is 19.4 Å². The Morgan fingerprint density at radius 3 is 2.83 bits per heavy atom. The van der Waals surface area contributed by atoms with Crippen molar-refractivity contribution in [2.24, 2.45) is 5.92 Å². The van der Waals surface area contributed by atoms with Gasteiger partial charge in [0.1, 0.15) is 5.75 Å². The lowest BCUT2D eigenvalue weighted by Gasteiger charge is -2.21. The molecule has 1 aromatic heterocycles. The first-order chi connectivity index (χ1) is 11.6. The molecular weight excluding hydrogens is 306 g/mol. The predicted octanol–water partition coefficient (Wildman–Crippen LogP) is 2.43. The van der Waals surface area contributed by atoms with Crippen LogP contribution in [0.1, 0.15) is 25.8 Å². The van der Waals surface area contributed by atoms with Gasteiger partial charge in [-0.2, -0.15) is 0 Å². The zero-order valence-corrected chi connectivity index (χ0v) is 14.6. The summed E-state index contributed by atoms with van der Waals surface area (Å²) >= 11 is 0. The number of hydrogen-bond donors (Lipinski definition) is 4. The molecule has 2 amide bonds. The van der Waals surface area contributed by atoms with Crippen LogP contribution in [0.2, 0.25) is 0 Å². The summed E-state index contributed by atoms with van der Waals surface area (Å²) in [7, 11) is 1.66. The number of carbonyl (C=O) groups excluding carboxylic acids is 1. The number of nitrogens with one attached hydrogen (secondary N) is 3. The molecule has 0 saturated carbocycles. The summed E-state index contributed by atoms with van der Waals surface area (Å²) in [6.45, 7) is 4.65. The van der Waals surface area contributed by atoms with E-state index in [1.54, 1.807) is 7.11 Å². The molecule has 6 heteroatoms. The van der Waals surface area contributed by atoms with Crippen LogP contribution in [0.4, 0.5) is 4.79 Å². The second-order valence-electron chi connectivity index (χ2n) is 6.21. The van der Waals surface area contributed by atoms with Gasteiger partial charge in [-0.3, -0.25) is 0 Å². The second-order valence-corrected chi connectivity index (χ2v) is 6.21. The SMILES string of the molecule is COc1cccc2[nH]cc(CCNC(=O)NC(CCO)C(C)C)c12. The van der Waals surface area contributed by atoms with Gasteiger partial charge in [0.2, 0.25) is 0 Å². The van der Waals surface area contributed by atoms with E-state index in [1.807, 2.05) is 38.2 Å². The number of urea groups is 1. The van der Waals surface area contributed by atoms with Crippen LogP contribution < -0.4 is 15.4 Å². The monoisotopic (exact) mass is 333 g/mol. The van der Waals surface area contributed by atoms with Crippen molar-refractivity contribution in [2.75, 3.05) is 20.3 Å². The third kappa shape index (κ3) is 4.41. The molecule has 1 aromatic carbocycles. The number of hydrogen-bond acceptors (Lipinski definition) is 3. The van der Waals surface area contributed by atoms with Crippen molar-refractivity contribution in [2.45, 2.75) is 32.7 Å². The maximum Gasteiger partial charge on any atom is 0.315 e. The third-order valence-corrected chi connectivity index (χ3v) is 4.21. The van der Waals surface area contributed by atoms with Gasteiger partial charge >= 0.3 is 6.03 Å². The minimum Gasteiger partial charge on any atom is -0.496 e. The lowest BCUT2D eigenvalue weighted by molar-refractivity contribution is 0.219. The van der Waals surface area contributed by atoms with Crippen LogP contribution in [0.15, 0.2) is 24.4 Å². The Kier molecular flexibility index (Phi) is 6.49. The van der Waals surface area contributed by atoms with Crippen molar-refractivity contribution in [3.8, 4) is 5.75 Å². The Hall–Kier alpha value is -2.21. The van der Waals surface area contributed by atoms with Gasteiger partial charge in [-0.1, -0.05) is 19.9 Å². The first-order valence-electron chi connectivity index (χ1n) is 8.35. The standard InChI is InChI=1S/C18H27N3O3/c1-12(2)14(8-10-22)21-18(23)19-9-7-13-11-20-15-5-4-6-16(24-3)17(13)15/h4-6,11-12,14,20,22H,7-10H2,1-3H3,(H2,19,21,23). The van der Waals surface area contributed by atoms with Gasteiger partial charge in [-0.15, -0.1) is 0 Å². The summed E-state index contributed by atoms with van der Waals surface area (Å²) in [5.41, 5.74) is 2.13. The maximum absolute atomic E-state index is 12.0. The molecule has 0 aliphatic carbocycles. The number of H-pyrrole nitrogens is 1. The summed E-state index contributed by atoms with van der Waals surface area (Å²) in [4.78, 5) is 15.2. The average Bonchev–Trinajstić information content (AvgIpc) is 2.97. The highest BCUT2D eigenvalue weighted by Gasteiger charge is 2.15. The molecule has 0 spiro atoms. The zero-order valence-electron chi connectivity index (χ0n) is 14.6. The van der Waals surface area contributed by atoms with Gasteiger partial charge in [0.25, 0.3) is 0 Å². The fourth-order valence-electron chi connectivity index (χ4n) is 2.83. The number of carbonyl (C=O) groups is 1. The van der Waals surface area contributed by atoms with E-state index >= 15 is 0 Å². The van der Waals surface area contributed by atoms with Crippen molar-refractivity contribution in [1.29, 1.82) is 0 Å². The molecular formula is C18H27N3O3. The molecule has 24 heavy (non-hydrogen) atoms. The molecule has 6 nitrogen and oxygen atoms in total. The molecule has 1 heterocycles. The van der Waals surface area contributed by atoms with Crippen LogP contribution in [-0.2, 0) is 6.42 Å². The number of fused-ring (bicyclic) bond motifs is 1. The van der Waals surface area contributed by atoms with E-state index in [0.717, 1.165) is 22.2 Å². The molecule has 0 saturated heterocycles. The normalized spacial score (nSPS) is 12.4. The highest BCUT2D eigenvalue weighted by Crippen LogP contribution is 2.28. The molecule has 1 atom stereocenters. The molecule has 0 fully saturated rings. The van der Waals surface area contributed by atoms with Crippen LogP contribution in [0.5, 0.6) is 5.75 Å². The Bertz CT molecular complexity index is 667. The molecule has 1 unspecified atom stereocenters. The average molecular weight is 333 g/mol. The summed E-state index contributed by atoms with van der Waals surface area (Å²) in [5.74, 6) is 1.11. The summed E-state index contributed by atoms with van der Waals surface area (Å²) < 4.78 is 5.42. The third-order valence-electron chi connectivity index (χ3n) is 4.21. The Morgan fingerprint density at radius 2 is 2.17 bits per heavy atom. The topological polar surface area (TPSA) is 86.4 Å². The molecule has 0 radical (unpaired) electrons. The van der Waals surface area contributed by atoms with E-state index in [4.69, 9.17) is 9.84 Å². The zero-order chi connectivity index (χ0) is 17.5. The van der Waals surface area contributed by atoms with Crippen molar-refractivity contribution in [3.05, 3.63) is 30.0 Å². The summed E-state index contributed by atoms with van der Waals surface area (Å²) in [6.07, 6.45) is 3.22. The number of methoxy groups -OCH3 is 1. The van der Waals surface area contributed by atoms with Crippen LogP contribution in [0.25, 0.3) is 10.9 Å². The molecule has 2 rings (SSSR count). The van der Waals surface area contributed by atoms with E-state index in [-0.39, 0.29) is 24.6 Å². The van der Waals surface area contributed by atoms with Gasteiger partial charge in [0.15, 0.2) is 0 Å². The van der Waals surface area contributed by atoms with Crippen LogP contribution >= 0.6 is 0 Å². The summed E-state index contributed by atoms with van der Waals surface area (Å²) in [6, 6.07) is 5.66. The quantitative estimate of drug-likeness (QED) is 0.598. The highest BCUT2D eigenvalue weighted by atomic mass is 16.5. The summed E-state index contributed by atoms with van der Waals surface area (Å²) in [5, 5.41) is 15.9. The molecule has 2 aromatic rings. The van der Waals surface area contributed by atoms with Crippen LogP contribution in [0, 0.1) is 5.92 Å². The number of aliphatic hydroxyl groups is 1. The molecule has 0 aliphatic heterocycles. The van der Waals surface area contributed by atoms with Crippen LogP contribution in [0.3, 0.4) is 0 Å². The van der Waals surface area contributed by atoms with Gasteiger partial charge in [0.05, 0.1) is 7.11 Å². The minimum absolute atomic E-state index is 0.0248. The molecule has 4 N–H and O–H groups in total. The van der Waals surface area contributed by atoms with Crippen LogP contribution in [-0.4, -0.2) is 42.4 Å². The fraction of sp³-hybridized carbons (Fsp3) is 0.500. The Labute approximate surface area is 142 Å². The van der Waals surface area contributed by atoms with Crippen molar-refractivity contribution >= 4 is 16.9 Å². The molecule has 132 valence electrons. The number of aliphatic hydroxyl groups excluding tert-OH is 1. The number of amides is 2. The number of benzene rings is 1. The van der Waals surface area contributed by atoms with Gasteiger partial charge < -0.3 is 25.5 Å². The number of rotatable bonds is 8. The van der Waals surface area contributed by atoms with Gasteiger partial charge in [-0.25, -0.2) is 4.79 Å². The first kappa shape index (κ1) is 18.1. The largest absolute Gasteiger partial charge is 0.496 e. The minimum atomic E-state index is -0.200. The van der Waals surface area contributed by atoms with Gasteiger partial charge in [-0.05, 0) is 36.5 Å². The number of aromatic nitrogens is 1. The maximum atomic E-state index is 12.0. The second kappa shape index (κ2) is 8.59. The smallest absolute Gasteiger partial charge is 0.315 e. The lowest BCUT2D eigenvalue weighted by atomic mass is 10.0. The Morgan fingerprint density at radius 1 is 1.38 bits per heavy atom. The Balaban J connectivity index is 1.91. The number of aromatic amines is 1. The van der Waals surface area contributed by atoms with Crippen molar-refractivity contribution in [1.82, 2.24) is 15.6 Å². The predicted molar refractivity (Wildman–Crippen MR) is 95.4 cm³/mol. The van der Waals surface area contributed by atoms with Crippen molar-refractivity contribution in [3.63, 3.8) is 0 Å². The fourth-order valence-corrected chi connectivity index (χ4v) is 2.83. The van der Waals surface area contributed by atoms with E-state index < -0.39 is 0 Å². The van der Waals surface area contributed by atoms with E-state index in [9.17, 15) is 4.79 Å². The first-order valence-corrected chi connectivity index (χ1v) is 8.35. The lowest BCUT2D eigenvalue weighted by Crippen LogP contribution is -2.45. The number of ether oxygens (including phenoxy) is 1. The molecule has 0 bridgehead atoms. The highest BCUT2D eigenvalue weighted by molar-refractivity contribution is 5.89. The van der Waals surface area contributed by atoms with E-state index in [2.05, 4.69) is 15.6 Å².